The second kappa shape index (κ2) is 8.94. The van der Waals surface area contributed by atoms with Crippen LogP contribution in [0.4, 0.5) is 5.69 Å². The minimum Gasteiger partial charge on any atom is -0.508 e. The molecule has 0 aliphatic heterocycles. The second-order valence-corrected chi connectivity index (χ2v) is 8.60. The highest BCUT2D eigenvalue weighted by atomic mass is 32.2. The van der Waals surface area contributed by atoms with E-state index in [1.54, 1.807) is 18.2 Å². The maximum absolute atomic E-state index is 12.0. The van der Waals surface area contributed by atoms with Crippen molar-refractivity contribution < 1.29 is 14.8 Å². The molecule has 1 heterocycles. The van der Waals surface area contributed by atoms with Crippen molar-refractivity contribution in [2.24, 2.45) is 5.10 Å². The number of amides is 1. The Morgan fingerprint density at radius 3 is 2.77 bits per heavy atom. The molecule has 1 aromatic heterocycles. The van der Waals surface area contributed by atoms with Crippen LogP contribution in [-0.4, -0.2) is 27.1 Å². The van der Waals surface area contributed by atoms with Gasteiger partial charge in [0.2, 0.25) is 0 Å². The maximum Gasteiger partial charge on any atom is 0.283 e. The van der Waals surface area contributed by atoms with Crippen LogP contribution < -0.4 is 5.43 Å². The lowest BCUT2D eigenvalue weighted by atomic mass is 10.2. The second-order valence-electron chi connectivity index (χ2n) is 6.28. The summed E-state index contributed by atoms with van der Waals surface area (Å²) in [6.45, 7) is 0. The van der Waals surface area contributed by atoms with Gasteiger partial charge in [-0.3, -0.25) is 14.9 Å². The van der Waals surface area contributed by atoms with Gasteiger partial charge in [-0.25, -0.2) is 10.4 Å². The van der Waals surface area contributed by atoms with E-state index in [1.807, 2.05) is 24.3 Å². The molecule has 0 saturated carbocycles. The van der Waals surface area contributed by atoms with Gasteiger partial charge >= 0.3 is 0 Å². The lowest BCUT2D eigenvalue weighted by Gasteiger charge is -2.02. The third-order valence-electron chi connectivity index (χ3n) is 4.14. The predicted molar refractivity (Wildman–Crippen MR) is 120 cm³/mol. The van der Waals surface area contributed by atoms with Crippen LogP contribution in [0.3, 0.4) is 0 Å². The van der Waals surface area contributed by atoms with Crippen LogP contribution in [0.25, 0.3) is 10.2 Å². The van der Waals surface area contributed by atoms with Crippen molar-refractivity contribution in [3.8, 4) is 5.75 Å². The Balaban J connectivity index is 1.50. The summed E-state index contributed by atoms with van der Waals surface area (Å²) in [5.41, 5.74) is 3.80. The molecule has 0 bridgehead atoms. The average Bonchev–Trinajstić information content (AvgIpc) is 3.17. The number of benzene rings is 3. The number of nitro groups is 1. The fraction of sp³-hybridized carbons (Fsp3) is 0. The first-order valence-electron chi connectivity index (χ1n) is 8.94. The number of aromatic hydroxyl groups is 1. The van der Waals surface area contributed by atoms with Gasteiger partial charge < -0.3 is 5.11 Å². The number of fused-ring (bicyclic) bond motifs is 1. The molecule has 4 aromatic rings. The van der Waals surface area contributed by atoms with E-state index >= 15 is 0 Å². The molecule has 154 valence electrons. The zero-order chi connectivity index (χ0) is 21.8. The lowest BCUT2D eigenvalue weighted by molar-refractivity contribution is -0.387. The van der Waals surface area contributed by atoms with Gasteiger partial charge in [-0.2, -0.15) is 5.10 Å². The summed E-state index contributed by atoms with van der Waals surface area (Å²) < 4.78 is 1.72. The van der Waals surface area contributed by atoms with E-state index < -0.39 is 10.8 Å². The Hall–Kier alpha value is -3.76. The molecule has 0 spiro atoms. The Bertz CT molecular complexity index is 1290. The summed E-state index contributed by atoms with van der Waals surface area (Å²) in [6, 6.07) is 18.2. The molecule has 0 radical (unpaired) electrons. The number of phenolic OH excluding ortho intramolecular Hbond substituents is 1. The molecular weight excluding hydrogens is 436 g/mol. The number of hydrogen-bond acceptors (Lipinski definition) is 8. The maximum atomic E-state index is 12.0. The number of para-hydroxylation sites is 1. The molecule has 0 aliphatic carbocycles. The molecule has 31 heavy (non-hydrogen) atoms. The summed E-state index contributed by atoms with van der Waals surface area (Å²) in [5.74, 6) is -0.543. The Morgan fingerprint density at radius 1 is 1.16 bits per heavy atom. The molecule has 8 nitrogen and oxygen atoms in total. The van der Waals surface area contributed by atoms with E-state index in [0.717, 1.165) is 10.2 Å². The highest BCUT2D eigenvalue weighted by Crippen LogP contribution is 2.38. The fourth-order valence-electron chi connectivity index (χ4n) is 2.71. The number of rotatable bonds is 6. The zero-order valence-corrected chi connectivity index (χ0v) is 17.4. The monoisotopic (exact) mass is 450 g/mol. The Morgan fingerprint density at radius 2 is 2.00 bits per heavy atom. The SMILES string of the molecule is O=C(N/N=C/c1ccc(Sc2nc3ccccc3s2)c([N+](=O)[O-])c1)c1cccc(O)c1. The number of carbonyl (C=O) groups is 1. The smallest absolute Gasteiger partial charge is 0.283 e. The lowest BCUT2D eigenvalue weighted by Crippen LogP contribution is -2.17. The standard InChI is InChI=1S/C21H14N4O4S2/c26-15-5-3-4-14(11-15)20(27)24-22-12-13-8-9-19(17(10-13)25(28)29)31-21-23-16-6-1-2-7-18(16)30-21/h1-12,26H,(H,24,27)/b22-12+. The van der Waals surface area contributed by atoms with Crippen LogP contribution in [0.15, 0.2) is 81.1 Å². The van der Waals surface area contributed by atoms with Crippen molar-refractivity contribution >= 4 is 51.1 Å². The summed E-state index contributed by atoms with van der Waals surface area (Å²) in [4.78, 5) is 28.1. The van der Waals surface area contributed by atoms with E-state index in [-0.39, 0.29) is 17.0 Å². The van der Waals surface area contributed by atoms with Crippen LogP contribution >= 0.6 is 23.1 Å². The first-order valence-corrected chi connectivity index (χ1v) is 10.6. The number of thiazole rings is 1. The summed E-state index contributed by atoms with van der Waals surface area (Å²) in [6.07, 6.45) is 1.32. The number of hydrazone groups is 1. The summed E-state index contributed by atoms with van der Waals surface area (Å²) in [7, 11) is 0. The van der Waals surface area contributed by atoms with Gasteiger partial charge in [-0.15, -0.1) is 11.3 Å². The molecule has 0 atom stereocenters. The Labute approximate surface area is 184 Å². The zero-order valence-electron chi connectivity index (χ0n) is 15.8. The number of carbonyl (C=O) groups excluding carboxylic acids is 1. The molecular formula is C21H14N4O4S2. The van der Waals surface area contributed by atoms with Gasteiger partial charge in [-0.1, -0.05) is 36.0 Å². The van der Waals surface area contributed by atoms with Crippen LogP contribution in [0.5, 0.6) is 5.75 Å². The van der Waals surface area contributed by atoms with Crippen molar-refractivity contribution in [2.75, 3.05) is 0 Å². The van der Waals surface area contributed by atoms with Crippen LogP contribution in [0, 0.1) is 10.1 Å². The van der Waals surface area contributed by atoms with Gasteiger partial charge in [0.15, 0.2) is 4.34 Å². The van der Waals surface area contributed by atoms with Crippen molar-refractivity contribution in [3.05, 3.63) is 88.0 Å². The quantitative estimate of drug-likeness (QED) is 0.247. The molecule has 0 unspecified atom stereocenters. The van der Waals surface area contributed by atoms with Gasteiger partial charge in [0.05, 0.1) is 26.3 Å². The number of nitro benzene ring substituents is 1. The van der Waals surface area contributed by atoms with Crippen molar-refractivity contribution in [1.82, 2.24) is 10.4 Å². The highest BCUT2D eigenvalue weighted by Gasteiger charge is 2.17. The third kappa shape index (κ3) is 4.87. The van der Waals surface area contributed by atoms with Crippen molar-refractivity contribution in [1.29, 1.82) is 0 Å². The van der Waals surface area contributed by atoms with Crippen LogP contribution in [0.2, 0.25) is 0 Å². The van der Waals surface area contributed by atoms with Crippen LogP contribution in [-0.2, 0) is 0 Å². The molecule has 1 amide bonds. The van der Waals surface area contributed by atoms with Gasteiger partial charge in [-0.05, 0) is 36.4 Å². The van der Waals surface area contributed by atoms with Crippen LogP contribution in [0.1, 0.15) is 15.9 Å². The first kappa shape index (κ1) is 20.5. The number of aromatic nitrogens is 1. The average molecular weight is 451 g/mol. The molecule has 0 aliphatic rings. The molecule has 2 N–H and O–H groups in total. The number of phenols is 1. The summed E-state index contributed by atoms with van der Waals surface area (Å²) >= 11 is 2.70. The molecule has 0 saturated heterocycles. The Kier molecular flexibility index (Phi) is 5.92. The van der Waals surface area contributed by atoms with Gasteiger partial charge in [0, 0.05) is 17.2 Å². The minimum atomic E-state index is -0.510. The van der Waals surface area contributed by atoms with E-state index in [9.17, 15) is 20.0 Å². The topological polar surface area (TPSA) is 118 Å². The van der Waals surface area contributed by atoms with Crippen molar-refractivity contribution in [2.45, 2.75) is 9.24 Å². The number of hydrogen-bond donors (Lipinski definition) is 2. The first-order chi connectivity index (χ1) is 15.0. The molecule has 10 heteroatoms. The third-order valence-corrected chi connectivity index (χ3v) is 6.30. The van der Waals surface area contributed by atoms with E-state index in [1.165, 1.54) is 53.6 Å². The predicted octanol–water partition coefficient (Wildman–Crippen LogP) is 4.83. The fourth-order valence-corrected chi connectivity index (χ4v) is 4.82. The molecule has 0 fully saturated rings. The van der Waals surface area contributed by atoms with Crippen molar-refractivity contribution in [3.63, 3.8) is 0 Å². The van der Waals surface area contributed by atoms with E-state index in [2.05, 4.69) is 15.5 Å². The van der Waals surface area contributed by atoms with Gasteiger partial charge in [0.25, 0.3) is 11.6 Å². The highest BCUT2D eigenvalue weighted by molar-refractivity contribution is 8.01. The summed E-state index contributed by atoms with van der Waals surface area (Å²) in [5, 5.41) is 24.9. The molecule has 3 aromatic carbocycles. The van der Waals surface area contributed by atoms with E-state index in [0.29, 0.717) is 14.8 Å². The number of nitrogens with zero attached hydrogens (tertiary/aromatic N) is 3. The van der Waals surface area contributed by atoms with Gasteiger partial charge in [0.1, 0.15) is 5.75 Å². The largest absolute Gasteiger partial charge is 0.508 e. The normalized spacial score (nSPS) is 11.1. The minimum absolute atomic E-state index is 0.0338. The number of nitrogens with one attached hydrogen (secondary N) is 1. The molecule has 4 rings (SSSR count). The van der Waals surface area contributed by atoms with E-state index in [4.69, 9.17) is 0 Å².